The first-order valence-electron chi connectivity index (χ1n) is 13.9. The molecule has 1 aliphatic heterocycles. The minimum atomic E-state index is -5.08. The fourth-order valence-corrected chi connectivity index (χ4v) is 5.07. The number of alkyl halides is 6. The molecule has 2 bridgehead atoms. The van der Waals surface area contributed by atoms with Gasteiger partial charge in [-0.05, 0) is 60.9 Å². The number of aliphatic carboxylic acids is 1. The molecule has 0 aliphatic carbocycles. The van der Waals surface area contributed by atoms with Gasteiger partial charge in [-0.2, -0.15) is 26.3 Å². The number of carbonyl (C=O) groups is 2. The number of fused-ring (bicyclic) bond motifs is 4. The van der Waals surface area contributed by atoms with E-state index in [4.69, 9.17) is 21.5 Å². The number of carboxylic acids is 1. The van der Waals surface area contributed by atoms with Crippen LogP contribution in [0.1, 0.15) is 43.5 Å². The van der Waals surface area contributed by atoms with Crippen molar-refractivity contribution in [1.29, 1.82) is 0 Å². The first kappa shape index (κ1) is 36.0. The molecule has 0 fully saturated rings. The number of nitrogens with one attached hydrogen (secondary N) is 1. The van der Waals surface area contributed by atoms with E-state index < -0.39 is 69.3 Å². The van der Waals surface area contributed by atoms with Crippen molar-refractivity contribution in [1.82, 2.24) is 14.5 Å². The van der Waals surface area contributed by atoms with Crippen molar-refractivity contribution in [3.05, 3.63) is 99.3 Å². The lowest BCUT2D eigenvalue weighted by molar-refractivity contribution is -0.192. The second-order valence-electron chi connectivity index (χ2n) is 10.6. The number of nitrogens with zero attached hydrogens (tertiary/aromatic N) is 3. The molecule has 1 aliphatic rings. The highest BCUT2D eigenvalue weighted by Crippen LogP contribution is 2.40. The number of hydrogen-bond acceptors (Lipinski definition) is 5. The van der Waals surface area contributed by atoms with E-state index >= 15 is 0 Å². The smallest absolute Gasteiger partial charge is 0.475 e. The molecule has 2 aromatic carbocycles. The van der Waals surface area contributed by atoms with Gasteiger partial charge in [0.15, 0.2) is 5.82 Å². The lowest BCUT2D eigenvalue weighted by atomic mass is 9.95. The summed E-state index contributed by atoms with van der Waals surface area (Å²) in [5, 5.41) is 9.43. The fourth-order valence-electron chi connectivity index (χ4n) is 4.91. The second-order valence-corrected chi connectivity index (χ2v) is 11.0. The van der Waals surface area contributed by atoms with Gasteiger partial charge >= 0.3 is 18.3 Å². The summed E-state index contributed by atoms with van der Waals surface area (Å²) in [4.78, 5) is 43.5. The summed E-state index contributed by atoms with van der Waals surface area (Å²) in [5.74, 6) is -5.28. The predicted octanol–water partition coefficient (Wildman–Crippen LogP) is 7.90. The Morgan fingerprint density at radius 1 is 0.979 bits per heavy atom. The Kier molecular flexibility index (Phi) is 10.6. The zero-order chi connectivity index (χ0) is 35.6. The molecule has 2 aromatic heterocycles. The molecule has 0 radical (unpaired) electrons. The Labute approximate surface area is 271 Å². The third kappa shape index (κ3) is 8.16. The van der Waals surface area contributed by atoms with Gasteiger partial charge in [0.1, 0.15) is 5.82 Å². The van der Waals surface area contributed by atoms with Crippen molar-refractivity contribution in [2.24, 2.45) is 5.92 Å². The van der Waals surface area contributed by atoms with E-state index in [1.807, 2.05) is 0 Å². The van der Waals surface area contributed by atoms with Crippen LogP contribution in [0.25, 0.3) is 22.4 Å². The highest BCUT2D eigenvalue weighted by molar-refractivity contribution is 6.31. The molecule has 2 atom stereocenters. The van der Waals surface area contributed by atoms with Gasteiger partial charge in [0.2, 0.25) is 5.91 Å². The van der Waals surface area contributed by atoms with Gasteiger partial charge in [-0.25, -0.2) is 18.6 Å². The van der Waals surface area contributed by atoms with Gasteiger partial charge in [0.05, 0.1) is 34.3 Å². The topological polar surface area (TPSA) is 114 Å². The Balaban J connectivity index is 0.000000671. The van der Waals surface area contributed by atoms with Crippen LogP contribution < -0.4 is 10.9 Å². The van der Waals surface area contributed by atoms with Gasteiger partial charge in [0.25, 0.3) is 5.56 Å². The van der Waals surface area contributed by atoms with Crippen LogP contribution in [-0.2, 0) is 15.8 Å². The molecule has 0 saturated carbocycles. The summed E-state index contributed by atoms with van der Waals surface area (Å²) < 4.78 is 103. The minimum absolute atomic E-state index is 0.253. The predicted molar refractivity (Wildman–Crippen MR) is 157 cm³/mol. The Morgan fingerprint density at radius 2 is 1.67 bits per heavy atom. The van der Waals surface area contributed by atoms with Crippen molar-refractivity contribution >= 4 is 29.2 Å². The number of carbonyl (C=O) groups excluding carboxylic acids is 1. The molecule has 0 unspecified atom stereocenters. The molecule has 1 amide bonds. The lowest BCUT2D eigenvalue weighted by Crippen LogP contribution is -2.27. The normalized spacial score (nSPS) is 16.8. The SMILES string of the molecule is C[C@@H]1CCC[C@H](n2cnc(-c3c(C(F)(F)F)ccc(Cl)c3F)cc2=O)c2cc(ccn2)-c2cc(F)ccc2NC1=O.O=C(O)C(F)(F)F. The van der Waals surface area contributed by atoms with Gasteiger partial charge in [-0.3, -0.25) is 19.1 Å². The molecule has 3 heterocycles. The zero-order valence-electron chi connectivity index (χ0n) is 24.5. The van der Waals surface area contributed by atoms with Crippen molar-refractivity contribution < 1.29 is 49.8 Å². The molecule has 17 heteroatoms. The molecular formula is C31H23ClF8N4O4. The number of pyridine rings is 1. The van der Waals surface area contributed by atoms with Gasteiger partial charge < -0.3 is 10.4 Å². The van der Waals surface area contributed by atoms with Crippen LogP contribution in [0.3, 0.4) is 0 Å². The summed E-state index contributed by atoms with van der Waals surface area (Å²) in [7, 11) is 0. The molecule has 4 aromatic rings. The van der Waals surface area contributed by atoms with Gasteiger partial charge in [-0.1, -0.05) is 24.9 Å². The number of amides is 1. The minimum Gasteiger partial charge on any atom is -0.475 e. The maximum atomic E-state index is 14.8. The fraction of sp³-hybridized carbons (Fsp3) is 0.258. The summed E-state index contributed by atoms with van der Waals surface area (Å²) in [5.41, 5.74) is -1.76. The zero-order valence-corrected chi connectivity index (χ0v) is 25.2. The first-order chi connectivity index (χ1) is 22.4. The summed E-state index contributed by atoms with van der Waals surface area (Å²) >= 11 is 5.76. The van der Waals surface area contributed by atoms with Gasteiger partial charge in [-0.15, -0.1) is 0 Å². The number of hydrogen-bond donors (Lipinski definition) is 2. The van der Waals surface area contributed by atoms with E-state index in [0.717, 1.165) is 18.5 Å². The van der Waals surface area contributed by atoms with E-state index in [9.17, 15) is 44.7 Å². The summed E-state index contributed by atoms with van der Waals surface area (Å²) in [6.45, 7) is 1.75. The van der Waals surface area contributed by atoms with Gasteiger partial charge in [0, 0.05) is 35.0 Å². The maximum Gasteiger partial charge on any atom is 0.490 e. The monoisotopic (exact) mass is 702 g/mol. The number of anilines is 1. The average molecular weight is 703 g/mol. The van der Waals surface area contributed by atoms with Crippen LogP contribution in [-0.4, -0.2) is 37.7 Å². The number of rotatable bonds is 2. The molecule has 254 valence electrons. The molecular weight excluding hydrogens is 680 g/mol. The Hall–Kier alpha value is -4.86. The van der Waals surface area contributed by atoms with Crippen LogP contribution in [0.2, 0.25) is 5.02 Å². The largest absolute Gasteiger partial charge is 0.490 e. The first-order valence-corrected chi connectivity index (χ1v) is 14.3. The standard InChI is InChI=1S/C29H22ClF5N4O2.C2HF3O2/c1-15-3-2-4-24(22-11-16(9-10-36-22)18-12-17(31)5-8-21(18)38-28(15)41)39-14-37-23(13-25(39)40)26-19(29(33,34)35)6-7-20(30)27(26)32;3-2(4,5)1(6)7/h5-15,24H,2-4H2,1H3,(H,38,41);(H,6,7)/t15-,24+;/m1./s1. The molecule has 5 rings (SSSR count). The van der Waals surface area contributed by atoms with Crippen LogP contribution in [0.15, 0.2) is 65.8 Å². The summed E-state index contributed by atoms with van der Waals surface area (Å²) in [6.07, 6.45) is -6.23. The van der Waals surface area contributed by atoms with Crippen molar-refractivity contribution in [3.63, 3.8) is 0 Å². The second kappa shape index (κ2) is 14.1. The molecule has 8 nitrogen and oxygen atoms in total. The number of aromatic nitrogens is 3. The Bertz CT molecular complexity index is 1910. The third-order valence-electron chi connectivity index (χ3n) is 7.31. The van der Waals surface area contributed by atoms with Crippen molar-refractivity contribution in [3.8, 4) is 22.4 Å². The third-order valence-corrected chi connectivity index (χ3v) is 7.60. The van der Waals surface area contributed by atoms with Crippen LogP contribution in [0.5, 0.6) is 0 Å². The van der Waals surface area contributed by atoms with E-state index in [1.165, 1.54) is 29.0 Å². The highest BCUT2D eigenvalue weighted by Gasteiger charge is 2.38. The molecule has 2 N–H and O–H groups in total. The highest BCUT2D eigenvalue weighted by atomic mass is 35.5. The van der Waals surface area contributed by atoms with Crippen LogP contribution in [0.4, 0.5) is 40.8 Å². The molecule has 0 spiro atoms. The molecule has 0 saturated heterocycles. The van der Waals surface area contributed by atoms with E-state index in [-0.39, 0.29) is 5.91 Å². The average Bonchev–Trinajstić information content (AvgIpc) is 3.00. The number of halogens is 9. The maximum absolute atomic E-state index is 14.8. The number of carboxylic acid groups (broad SMARTS) is 1. The van der Waals surface area contributed by atoms with E-state index in [2.05, 4.69) is 15.3 Å². The van der Waals surface area contributed by atoms with Crippen molar-refractivity contribution in [2.45, 2.75) is 44.6 Å². The van der Waals surface area contributed by atoms with E-state index in [0.29, 0.717) is 47.8 Å². The van der Waals surface area contributed by atoms with Crippen LogP contribution in [0, 0.1) is 17.6 Å². The molecule has 48 heavy (non-hydrogen) atoms. The summed E-state index contributed by atoms with van der Waals surface area (Å²) in [6, 6.07) is 8.78. The van der Waals surface area contributed by atoms with E-state index in [1.54, 1.807) is 19.1 Å². The number of benzene rings is 2. The van der Waals surface area contributed by atoms with Crippen molar-refractivity contribution in [2.75, 3.05) is 5.32 Å². The van der Waals surface area contributed by atoms with Crippen LogP contribution >= 0.6 is 11.6 Å². The Morgan fingerprint density at radius 3 is 2.29 bits per heavy atom. The lowest BCUT2D eigenvalue weighted by Gasteiger charge is -2.23. The quantitative estimate of drug-likeness (QED) is 0.205.